The summed E-state index contributed by atoms with van der Waals surface area (Å²) in [5.74, 6) is 1.58. The number of nitrogens with zero attached hydrogens (tertiary/aromatic N) is 1. The van der Waals surface area contributed by atoms with Crippen LogP contribution in [0.15, 0.2) is 89.9 Å². The molecule has 0 saturated heterocycles. The second-order valence-electron chi connectivity index (χ2n) is 5.02. The Balaban J connectivity index is 2.00. The van der Waals surface area contributed by atoms with Crippen LogP contribution in [0.1, 0.15) is 5.56 Å². The van der Waals surface area contributed by atoms with Crippen LogP contribution in [-0.4, -0.2) is 12.9 Å². The summed E-state index contributed by atoms with van der Waals surface area (Å²) in [6.07, 6.45) is 0. The zero-order valence-corrected chi connectivity index (χ0v) is 12.9. The minimum atomic E-state index is 0.779. The van der Waals surface area contributed by atoms with Crippen LogP contribution < -0.4 is 10.1 Å². The number of aliphatic imine (C=N–C) groups is 1. The van der Waals surface area contributed by atoms with Crippen LogP contribution >= 0.6 is 0 Å². The van der Waals surface area contributed by atoms with Crippen LogP contribution in [0.4, 0.5) is 11.4 Å². The Morgan fingerprint density at radius 1 is 0.826 bits per heavy atom. The summed E-state index contributed by atoms with van der Waals surface area (Å²) in [6.45, 7) is 0. The highest BCUT2D eigenvalue weighted by Gasteiger charge is 2.06. The molecule has 3 aromatic rings. The number of hydrogen-bond acceptors (Lipinski definition) is 2. The lowest BCUT2D eigenvalue weighted by Crippen LogP contribution is -2.13. The molecule has 23 heavy (non-hydrogen) atoms. The summed E-state index contributed by atoms with van der Waals surface area (Å²) >= 11 is 0. The lowest BCUT2D eigenvalue weighted by atomic mass is 10.2. The molecule has 0 radical (unpaired) electrons. The summed E-state index contributed by atoms with van der Waals surface area (Å²) in [5, 5.41) is 3.39. The fourth-order valence-corrected chi connectivity index (χ4v) is 2.22. The molecule has 3 heteroatoms. The highest BCUT2D eigenvalue weighted by Crippen LogP contribution is 2.19. The van der Waals surface area contributed by atoms with Crippen molar-refractivity contribution in [1.29, 1.82) is 0 Å². The first kappa shape index (κ1) is 14.9. The van der Waals surface area contributed by atoms with Crippen molar-refractivity contribution in [3.05, 3.63) is 90.5 Å². The molecule has 3 aromatic carbocycles. The smallest absolute Gasteiger partial charge is 0.138 e. The van der Waals surface area contributed by atoms with Crippen LogP contribution in [0.5, 0.6) is 5.75 Å². The van der Waals surface area contributed by atoms with E-state index in [1.165, 1.54) is 0 Å². The zero-order chi connectivity index (χ0) is 15.9. The van der Waals surface area contributed by atoms with Crippen molar-refractivity contribution < 1.29 is 4.74 Å². The molecule has 0 atom stereocenters. The molecule has 0 aliphatic heterocycles. The number of benzene rings is 3. The monoisotopic (exact) mass is 302 g/mol. The first-order valence-corrected chi connectivity index (χ1v) is 7.45. The van der Waals surface area contributed by atoms with Crippen molar-refractivity contribution in [1.82, 2.24) is 0 Å². The summed E-state index contributed by atoms with van der Waals surface area (Å²) in [7, 11) is 1.66. The van der Waals surface area contributed by atoms with Crippen molar-refractivity contribution in [2.24, 2.45) is 4.99 Å². The predicted molar refractivity (Wildman–Crippen MR) is 95.7 cm³/mol. The number of anilines is 1. The van der Waals surface area contributed by atoms with Gasteiger partial charge in [-0.2, -0.15) is 0 Å². The normalized spacial score (nSPS) is 11.1. The van der Waals surface area contributed by atoms with Crippen LogP contribution in [0, 0.1) is 0 Å². The van der Waals surface area contributed by atoms with Gasteiger partial charge in [-0.25, -0.2) is 4.99 Å². The van der Waals surface area contributed by atoms with Gasteiger partial charge in [0, 0.05) is 11.3 Å². The molecule has 3 rings (SSSR count). The molecular weight excluding hydrogens is 284 g/mol. The minimum absolute atomic E-state index is 0.779. The number of nitrogens with one attached hydrogen (secondary N) is 1. The highest BCUT2D eigenvalue weighted by atomic mass is 16.5. The maximum atomic E-state index is 5.32. The second-order valence-corrected chi connectivity index (χ2v) is 5.02. The van der Waals surface area contributed by atoms with E-state index in [0.717, 1.165) is 28.5 Å². The summed E-state index contributed by atoms with van der Waals surface area (Å²) in [5.41, 5.74) is 2.86. The third kappa shape index (κ3) is 3.98. The number of para-hydroxylation sites is 2. The third-order valence-corrected chi connectivity index (χ3v) is 3.38. The van der Waals surface area contributed by atoms with E-state index in [9.17, 15) is 0 Å². The van der Waals surface area contributed by atoms with E-state index in [0.29, 0.717) is 0 Å². The predicted octanol–water partition coefficient (Wildman–Crippen LogP) is 4.89. The van der Waals surface area contributed by atoms with Crippen LogP contribution in [0.25, 0.3) is 0 Å². The molecule has 0 fully saturated rings. The number of hydrogen-bond donors (Lipinski definition) is 1. The van der Waals surface area contributed by atoms with Crippen molar-refractivity contribution >= 4 is 17.2 Å². The summed E-state index contributed by atoms with van der Waals surface area (Å²) in [4.78, 5) is 4.75. The van der Waals surface area contributed by atoms with E-state index >= 15 is 0 Å². The van der Waals surface area contributed by atoms with Gasteiger partial charge < -0.3 is 10.1 Å². The lowest BCUT2D eigenvalue weighted by molar-refractivity contribution is 0.414. The van der Waals surface area contributed by atoms with Gasteiger partial charge >= 0.3 is 0 Å². The van der Waals surface area contributed by atoms with E-state index in [-0.39, 0.29) is 0 Å². The van der Waals surface area contributed by atoms with Gasteiger partial charge in [0.25, 0.3) is 0 Å². The maximum Gasteiger partial charge on any atom is 0.138 e. The Kier molecular flexibility index (Phi) is 4.69. The molecule has 0 aliphatic carbocycles. The average molecular weight is 302 g/mol. The largest absolute Gasteiger partial charge is 0.497 e. The van der Waals surface area contributed by atoms with Gasteiger partial charge in [-0.15, -0.1) is 0 Å². The van der Waals surface area contributed by atoms with E-state index in [2.05, 4.69) is 5.32 Å². The van der Waals surface area contributed by atoms with Gasteiger partial charge in [-0.05, 0) is 36.4 Å². The van der Waals surface area contributed by atoms with Crippen LogP contribution in [0.2, 0.25) is 0 Å². The van der Waals surface area contributed by atoms with Crippen molar-refractivity contribution in [2.45, 2.75) is 0 Å². The zero-order valence-electron chi connectivity index (χ0n) is 12.9. The van der Waals surface area contributed by atoms with Gasteiger partial charge in [-0.1, -0.05) is 48.5 Å². The molecular formula is C20H18N2O. The fourth-order valence-electron chi connectivity index (χ4n) is 2.22. The van der Waals surface area contributed by atoms with Crippen LogP contribution in [-0.2, 0) is 0 Å². The van der Waals surface area contributed by atoms with Gasteiger partial charge in [0.2, 0.25) is 0 Å². The Hall–Kier alpha value is -3.07. The summed E-state index contributed by atoms with van der Waals surface area (Å²) < 4.78 is 5.32. The maximum absolute atomic E-state index is 5.32. The quantitative estimate of drug-likeness (QED) is 0.550. The molecule has 0 aliphatic rings. The standard InChI is InChI=1S/C20H18N2O/c1-23-19-14-8-9-16(15-19)20(21-17-10-4-2-5-11-17)22-18-12-6-3-7-13-18/h2-15H,1H3,(H,21,22). The number of ether oxygens (including phenoxy) is 1. The molecule has 114 valence electrons. The molecule has 0 unspecified atom stereocenters. The number of rotatable bonds is 4. The highest BCUT2D eigenvalue weighted by molar-refractivity contribution is 6.09. The minimum Gasteiger partial charge on any atom is -0.497 e. The summed E-state index contributed by atoms with van der Waals surface area (Å²) in [6, 6.07) is 27.8. The molecule has 0 aromatic heterocycles. The molecule has 1 N–H and O–H groups in total. The third-order valence-electron chi connectivity index (χ3n) is 3.38. The second kappa shape index (κ2) is 7.27. The molecule has 0 spiro atoms. The van der Waals surface area contributed by atoms with E-state index in [1.807, 2.05) is 84.9 Å². The Labute approximate surface area is 136 Å². The Morgan fingerprint density at radius 3 is 2.22 bits per heavy atom. The first-order chi connectivity index (χ1) is 11.3. The SMILES string of the molecule is COc1cccc(C(=Nc2ccccc2)Nc2ccccc2)c1. The van der Waals surface area contributed by atoms with E-state index in [1.54, 1.807) is 7.11 Å². The molecule has 0 amide bonds. The van der Waals surface area contributed by atoms with Crippen molar-refractivity contribution in [3.63, 3.8) is 0 Å². The van der Waals surface area contributed by atoms with Crippen LogP contribution in [0.3, 0.4) is 0 Å². The fraction of sp³-hybridized carbons (Fsp3) is 0.0500. The van der Waals surface area contributed by atoms with Gasteiger partial charge in [-0.3, -0.25) is 0 Å². The van der Waals surface area contributed by atoms with E-state index < -0.39 is 0 Å². The topological polar surface area (TPSA) is 33.6 Å². The van der Waals surface area contributed by atoms with Gasteiger partial charge in [0.15, 0.2) is 0 Å². The van der Waals surface area contributed by atoms with Gasteiger partial charge in [0.05, 0.1) is 12.8 Å². The Bertz CT molecular complexity index is 783. The molecule has 0 saturated carbocycles. The first-order valence-electron chi connectivity index (χ1n) is 7.45. The van der Waals surface area contributed by atoms with E-state index in [4.69, 9.17) is 9.73 Å². The molecule has 0 heterocycles. The lowest BCUT2D eigenvalue weighted by Gasteiger charge is -2.11. The number of amidine groups is 1. The average Bonchev–Trinajstić information content (AvgIpc) is 2.63. The molecule has 3 nitrogen and oxygen atoms in total. The van der Waals surface area contributed by atoms with Crippen molar-refractivity contribution in [3.8, 4) is 5.75 Å². The van der Waals surface area contributed by atoms with Crippen molar-refractivity contribution in [2.75, 3.05) is 12.4 Å². The Morgan fingerprint density at radius 2 is 1.52 bits per heavy atom. The molecule has 0 bridgehead atoms. The van der Waals surface area contributed by atoms with Gasteiger partial charge in [0.1, 0.15) is 11.6 Å². The number of methoxy groups -OCH3 is 1.